The van der Waals surface area contributed by atoms with Crippen molar-refractivity contribution in [1.82, 2.24) is 20.0 Å². The van der Waals surface area contributed by atoms with E-state index in [1.54, 1.807) is 18.3 Å². The summed E-state index contributed by atoms with van der Waals surface area (Å²) < 4.78 is 23.7. The topological polar surface area (TPSA) is 81.4 Å². The Morgan fingerprint density at radius 3 is 2.66 bits per heavy atom. The maximum absolute atomic E-state index is 12.9. The lowest BCUT2D eigenvalue weighted by atomic mass is 9.96. The van der Waals surface area contributed by atoms with Gasteiger partial charge >= 0.3 is 0 Å². The molecular formula is C21H21FN4O3. The van der Waals surface area contributed by atoms with E-state index in [9.17, 15) is 9.18 Å². The van der Waals surface area contributed by atoms with Crippen LogP contribution in [0.1, 0.15) is 46.5 Å². The SMILES string of the molecule is Cc1ccc(C(=O)N2CCC(c3noc(COc4ccc(F)cc4)n3)CC2)cn1. The standard InChI is InChI=1S/C21H21FN4O3/c1-14-2-3-16(12-23-14)21(27)26-10-8-15(9-11-26)20-24-19(29-25-20)13-28-18-6-4-17(22)5-7-18/h2-7,12,15H,8-11,13H2,1H3. The highest BCUT2D eigenvalue weighted by Gasteiger charge is 2.27. The first-order valence-corrected chi connectivity index (χ1v) is 9.51. The lowest BCUT2D eigenvalue weighted by Crippen LogP contribution is -2.38. The molecule has 7 nitrogen and oxygen atoms in total. The van der Waals surface area contributed by atoms with Crippen molar-refractivity contribution >= 4 is 5.91 Å². The molecule has 0 spiro atoms. The smallest absolute Gasteiger partial charge is 0.264 e. The third kappa shape index (κ3) is 4.59. The first-order valence-electron chi connectivity index (χ1n) is 9.51. The van der Waals surface area contributed by atoms with Crippen LogP contribution in [0, 0.1) is 12.7 Å². The van der Waals surface area contributed by atoms with Crippen LogP contribution in [0.2, 0.25) is 0 Å². The summed E-state index contributed by atoms with van der Waals surface area (Å²) in [4.78, 5) is 23.0. The molecule has 0 N–H and O–H groups in total. The molecule has 2 aromatic heterocycles. The number of benzene rings is 1. The number of hydrogen-bond donors (Lipinski definition) is 0. The summed E-state index contributed by atoms with van der Waals surface area (Å²) in [6, 6.07) is 9.40. The minimum atomic E-state index is -0.319. The third-order valence-electron chi connectivity index (χ3n) is 4.97. The molecule has 1 aromatic carbocycles. The van der Waals surface area contributed by atoms with Crippen LogP contribution in [0.3, 0.4) is 0 Å². The van der Waals surface area contributed by atoms with Gasteiger partial charge in [0.2, 0.25) is 0 Å². The second kappa shape index (κ2) is 8.38. The van der Waals surface area contributed by atoms with Crippen LogP contribution in [0.4, 0.5) is 4.39 Å². The van der Waals surface area contributed by atoms with E-state index < -0.39 is 0 Å². The summed E-state index contributed by atoms with van der Waals surface area (Å²) in [5.74, 6) is 1.35. The average molecular weight is 396 g/mol. The molecule has 0 saturated carbocycles. The zero-order valence-electron chi connectivity index (χ0n) is 16.0. The number of ether oxygens (including phenoxy) is 1. The molecule has 1 aliphatic rings. The second-order valence-corrected chi connectivity index (χ2v) is 7.04. The number of piperidine rings is 1. The summed E-state index contributed by atoms with van der Waals surface area (Å²) in [6.07, 6.45) is 3.15. The number of carbonyl (C=O) groups is 1. The van der Waals surface area contributed by atoms with Gasteiger partial charge in [0.05, 0.1) is 5.56 Å². The Kier molecular flexibility index (Phi) is 5.50. The van der Waals surface area contributed by atoms with Crippen molar-refractivity contribution in [2.75, 3.05) is 13.1 Å². The van der Waals surface area contributed by atoms with E-state index in [0.29, 0.717) is 36.1 Å². The number of amides is 1. The van der Waals surface area contributed by atoms with Gasteiger partial charge in [0.15, 0.2) is 12.4 Å². The van der Waals surface area contributed by atoms with E-state index in [0.717, 1.165) is 18.5 Å². The molecule has 3 heterocycles. The highest BCUT2D eigenvalue weighted by molar-refractivity contribution is 5.94. The lowest BCUT2D eigenvalue weighted by molar-refractivity contribution is 0.0710. The zero-order chi connectivity index (χ0) is 20.2. The maximum Gasteiger partial charge on any atom is 0.264 e. The van der Waals surface area contributed by atoms with Crippen molar-refractivity contribution in [3.63, 3.8) is 0 Å². The molecule has 1 amide bonds. The quantitative estimate of drug-likeness (QED) is 0.656. The number of hydrogen-bond acceptors (Lipinski definition) is 6. The van der Waals surface area contributed by atoms with Gasteiger partial charge in [0.25, 0.3) is 11.8 Å². The normalized spacial score (nSPS) is 14.8. The summed E-state index contributed by atoms with van der Waals surface area (Å²) in [7, 11) is 0. The number of pyridine rings is 1. The zero-order valence-corrected chi connectivity index (χ0v) is 16.0. The van der Waals surface area contributed by atoms with Crippen LogP contribution in [-0.4, -0.2) is 39.0 Å². The molecule has 1 aliphatic heterocycles. The van der Waals surface area contributed by atoms with Gasteiger partial charge in [-0.25, -0.2) is 4.39 Å². The number of likely N-dealkylation sites (tertiary alicyclic amines) is 1. The van der Waals surface area contributed by atoms with Gasteiger partial charge in [-0.2, -0.15) is 4.98 Å². The Bertz CT molecular complexity index is 964. The molecule has 0 atom stereocenters. The molecule has 0 bridgehead atoms. The Labute approximate surface area is 167 Å². The van der Waals surface area contributed by atoms with E-state index >= 15 is 0 Å². The van der Waals surface area contributed by atoms with Gasteiger partial charge in [0, 0.05) is 30.9 Å². The molecule has 0 radical (unpaired) electrons. The Hall–Kier alpha value is -3.29. The number of aryl methyl sites for hydroxylation is 1. The van der Waals surface area contributed by atoms with Gasteiger partial charge in [-0.05, 0) is 56.2 Å². The van der Waals surface area contributed by atoms with Crippen molar-refractivity contribution in [3.05, 3.63) is 71.4 Å². The van der Waals surface area contributed by atoms with Crippen molar-refractivity contribution in [3.8, 4) is 5.75 Å². The molecule has 1 saturated heterocycles. The van der Waals surface area contributed by atoms with E-state index in [1.165, 1.54) is 12.1 Å². The van der Waals surface area contributed by atoms with Crippen LogP contribution in [-0.2, 0) is 6.61 Å². The summed E-state index contributed by atoms with van der Waals surface area (Å²) >= 11 is 0. The number of carbonyl (C=O) groups excluding carboxylic acids is 1. The van der Waals surface area contributed by atoms with Crippen LogP contribution < -0.4 is 4.74 Å². The van der Waals surface area contributed by atoms with E-state index in [2.05, 4.69) is 15.1 Å². The summed E-state index contributed by atoms with van der Waals surface area (Å²) in [6.45, 7) is 3.28. The predicted molar refractivity (Wildman–Crippen MR) is 102 cm³/mol. The van der Waals surface area contributed by atoms with Gasteiger partial charge in [-0.15, -0.1) is 0 Å². The fourth-order valence-corrected chi connectivity index (χ4v) is 3.29. The third-order valence-corrected chi connectivity index (χ3v) is 4.97. The van der Waals surface area contributed by atoms with Crippen LogP contribution in [0.25, 0.3) is 0 Å². The maximum atomic E-state index is 12.9. The average Bonchev–Trinajstić information content (AvgIpc) is 3.23. The molecule has 29 heavy (non-hydrogen) atoms. The molecule has 150 valence electrons. The highest BCUT2D eigenvalue weighted by atomic mass is 19.1. The van der Waals surface area contributed by atoms with Crippen molar-refractivity contribution in [2.45, 2.75) is 32.3 Å². The molecule has 3 aromatic rings. The number of aromatic nitrogens is 3. The Morgan fingerprint density at radius 1 is 1.21 bits per heavy atom. The van der Waals surface area contributed by atoms with E-state index in [-0.39, 0.29) is 24.2 Å². The largest absolute Gasteiger partial charge is 0.484 e. The predicted octanol–water partition coefficient (Wildman–Crippen LogP) is 3.51. The van der Waals surface area contributed by atoms with Gasteiger partial charge < -0.3 is 14.2 Å². The Balaban J connectivity index is 1.30. The van der Waals surface area contributed by atoms with Gasteiger partial charge in [-0.3, -0.25) is 9.78 Å². The van der Waals surface area contributed by atoms with Crippen molar-refractivity contribution in [2.24, 2.45) is 0 Å². The van der Waals surface area contributed by atoms with Crippen LogP contribution in [0.5, 0.6) is 5.75 Å². The fraction of sp³-hybridized carbons (Fsp3) is 0.333. The van der Waals surface area contributed by atoms with Crippen molar-refractivity contribution in [1.29, 1.82) is 0 Å². The van der Waals surface area contributed by atoms with Gasteiger partial charge in [-0.1, -0.05) is 5.16 Å². The molecule has 4 rings (SSSR count). The van der Waals surface area contributed by atoms with Gasteiger partial charge in [0.1, 0.15) is 11.6 Å². The second-order valence-electron chi connectivity index (χ2n) is 7.04. The molecule has 1 fully saturated rings. The first kappa shape index (κ1) is 19.0. The Morgan fingerprint density at radius 2 is 1.97 bits per heavy atom. The number of nitrogens with zero attached hydrogens (tertiary/aromatic N) is 4. The molecular weight excluding hydrogens is 375 g/mol. The summed E-state index contributed by atoms with van der Waals surface area (Å²) in [5.41, 5.74) is 1.49. The number of rotatable bonds is 5. The van der Waals surface area contributed by atoms with Crippen molar-refractivity contribution < 1.29 is 18.4 Å². The summed E-state index contributed by atoms with van der Waals surface area (Å²) in [5, 5.41) is 4.06. The highest BCUT2D eigenvalue weighted by Crippen LogP contribution is 2.27. The number of halogens is 1. The molecule has 0 unspecified atom stereocenters. The van der Waals surface area contributed by atoms with E-state index in [4.69, 9.17) is 9.26 Å². The first-order chi connectivity index (χ1) is 14.1. The van der Waals surface area contributed by atoms with Crippen LogP contribution in [0.15, 0.2) is 47.1 Å². The lowest BCUT2D eigenvalue weighted by Gasteiger charge is -2.30. The monoisotopic (exact) mass is 396 g/mol. The minimum Gasteiger partial charge on any atom is -0.484 e. The van der Waals surface area contributed by atoms with E-state index in [1.807, 2.05) is 24.0 Å². The minimum absolute atomic E-state index is 0.00236. The molecule has 0 aliphatic carbocycles. The fourth-order valence-electron chi connectivity index (χ4n) is 3.29. The van der Waals surface area contributed by atoms with Crippen LogP contribution >= 0.6 is 0 Å². The molecule has 8 heteroatoms.